The topological polar surface area (TPSA) is 69.6 Å². The zero-order valence-electron chi connectivity index (χ0n) is 13.2. The molecule has 5 heteroatoms. The van der Waals surface area contributed by atoms with E-state index in [1.807, 2.05) is 0 Å². The third-order valence-electron chi connectivity index (χ3n) is 6.92. The van der Waals surface area contributed by atoms with E-state index in [9.17, 15) is 9.59 Å². The van der Waals surface area contributed by atoms with Gasteiger partial charge in [0.25, 0.3) is 0 Å². The Labute approximate surface area is 126 Å². The van der Waals surface area contributed by atoms with Gasteiger partial charge in [-0.2, -0.15) is 0 Å². The molecule has 118 valence electrons. The van der Waals surface area contributed by atoms with Gasteiger partial charge in [-0.3, -0.25) is 4.79 Å². The molecular weight excluding hydrogens is 268 g/mol. The van der Waals surface area contributed by atoms with Gasteiger partial charge >= 0.3 is 12.0 Å². The summed E-state index contributed by atoms with van der Waals surface area (Å²) < 4.78 is 0. The highest BCUT2D eigenvalue weighted by molar-refractivity contribution is 5.77. The van der Waals surface area contributed by atoms with Crippen LogP contribution < -0.4 is 5.32 Å². The summed E-state index contributed by atoms with van der Waals surface area (Å²) in [6, 6.07) is 0.149. The van der Waals surface area contributed by atoms with Crippen LogP contribution in [0.2, 0.25) is 0 Å². The lowest BCUT2D eigenvalue weighted by Crippen LogP contribution is -2.51. The number of nitrogens with zero attached hydrogens (tertiary/aromatic N) is 1. The van der Waals surface area contributed by atoms with Crippen molar-refractivity contribution in [3.05, 3.63) is 0 Å². The van der Waals surface area contributed by atoms with Gasteiger partial charge in [0, 0.05) is 19.1 Å². The maximum atomic E-state index is 12.4. The third kappa shape index (κ3) is 2.04. The summed E-state index contributed by atoms with van der Waals surface area (Å²) in [6.07, 6.45) is 4.07. The number of amides is 2. The molecule has 1 saturated heterocycles. The van der Waals surface area contributed by atoms with E-state index in [2.05, 4.69) is 26.1 Å². The first-order valence-electron chi connectivity index (χ1n) is 8.04. The Hall–Kier alpha value is -1.26. The quantitative estimate of drug-likeness (QED) is 0.821. The van der Waals surface area contributed by atoms with Crippen molar-refractivity contribution in [3.8, 4) is 0 Å². The molecule has 1 heterocycles. The van der Waals surface area contributed by atoms with Gasteiger partial charge in [0.2, 0.25) is 0 Å². The smallest absolute Gasteiger partial charge is 0.317 e. The molecule has 2 saturated carbocycles. The van der Waals surface area contributed by atoms with Crippen molar-refractivity contribution >= 4 is 12.0 Å². The number of rotatable bonds is 2. The number of urea groups is 1. The molecular formula is C16H26N2O3. The standard InChI is InChI=1S/C16H26N2O3/c1-15(2)11-4-6-16(15,3)12(8-11)17-14(21)18-7-5-10(9-18)13(19)20/h10-12H,4-9H2,1-3H3,(H,17,21)(H,19,20). The number of fused-ring (bicyclic) bond motifs is 2. The first kappa shape index (κ1) is 14.7. The summed E-state index contributed by atoms with van der Waals surface area (Å²) in [6.45, 7) is 7.85. The van der Waals surface area contributed by atoms with E-state index in [1.165, 1.54) is 12.8 Å². The van der Waals surface area contributed by atoms with E-state index in [0.29, 0.717) is 25.4 Å². The summed E-state index contributed by atoms with van der Waals surface area (Å²) >= 11 is 0. The number of carbonyl (C=O) groups is 2. The molecule has 21 heavy (non-hydrogen) atoms. The number of nitrogens with one attached hydrogen (secondary N) is 1. The van der Waals surface area contributed by atoms with Crippen molar-refractivity contribution in [1.29, 1.82) is 0 Å². The molecule has 4 unspecified atom stereocenters. The molecule has 5 nitrogen and oxygen atoms in total. The summed E-state index contributed by atoms with van der Waals surface area (Å²) in [4.78, 5) is 25.1. The maximum Gasteiger partial charge on any atom is 0.317 e. The minimum atomic E-state index is -0.793. The lowest BCUT2D eigenvalue weighted by atomic mass is 9.69. The Morgan fingerprint density at radius 2 is 1.95 bits per heavy atom. The van der Waals surface area contributed by atoms with Crippen LogP contribution in [0.4, 0.5) is 4.79 Å². The van der Waals surface area contributed by atoms with Gasteiger partial charge in [-0.1, -0.05) is 20.8 Å². The maximum absolute atomic E-state index is 12.4. The first-order valence-corrected chi connectivity index (χ1v) is 8.04. The van der Waals surface area contributed by atoms with Crippen molar-refractivity contribution in [1.82, 2.24) is 10.2 Å². The number of carboxylic acid groups (broad SMARTS) is 1. The largest absolute Gasteiger partial charge is 0.481 e. The SMILES string of the molecule is CC1(C)C2CCC1(C)C(NC(=O)N1CCC(C(=O)O)C1)C2. The van der Waals surface area contributed by atoms with Crippen molar-refractivity contribution < 1.29 is 14.7 Å². The van der Waals surface area contributed by atoms with E-state index in [1.54, 1.807) is 4.90 Å². The van der Waals surface area contributed by atoms with Crippen molar-refractivity contribution in [2.75, 3.05) is 13.1 Å². The highest BCUT2D eigenvalue weighted by Crippen LogP contribution is 2.65. The van der Waals surface area contributed by atoms with Crippen LogP contribution >= 0.6 is 0 Å². The molecule has 2 N–H and O–H groups in total. The highest BCUT2D eigenvalue weighted by atomic mass is 16.4. The fourth-order valence-corrected chi connectivity index (χ4v) is 4.81. The van der Waals surface area contributed by atoms with Gasteiger partial charge in [0.05, 0.1) is 5.92 Å². The fraction of sp³-hybridized carbons (Fsp3) is 0.875. The predicted molar refractivity (Wildman–Crippen MR) is 78.9 cm³/mol. The normalized spacial score (nSPS) is 40.5. The molecule has 0 aromatic rings. The summed E-state index contributed by atoms with van der Waals surface area (Å²) in [5.74, 6) is -0.501. The van der Waals surface area contributed by atoms with Crippen LogP contribution in [0.3, 0.4) is 0 Å². The molecule has 3 rings (SSSR count). The molecule has 2 amide bonds. The second kappa shape index (κ2) is 4.62. The summed E-state index contributed by atoms with van der Waals surface area (Å²) in [5, 5.41) is 12.2. The Morgan fingerprint density at radius 3 is 2.43 bits per heavy atom. The molecule has 0 aromatic heterocycles. The van der Waals surface area contributed by atoms with E-state index in [4.69, 9.17) is 5.11 Å². The molecule has 0 radical (unpaired) electrons. The monoisotopic (exact) mass is 294 g/mol. The van der Waals surface area contributed by atoms with Crippen LogP contribution in [0.15, 0.2) is 0 Å². The Balaban J connectivity index is 1.64. The van der Waals surface area contributed by atoms with Gasteiger partial charge in [-0.15, -0.1) is 0 Å². The molecule has 2 aliphatic carbocycles. The zero-order valence-corrected chi connectivity index (χ0v) is 13.2. The average Bonchev–Trinajstić information content (AvgIpc) is 3.02. The van der Waals surface area contributed by atoms with E-state index in [0.717, 1.165) is 6.42 Å². The number of carboxylic acids is 1. The number of hydrogen-bond donors (Lipinski definition) is 2. The minimum Gasteiger partial charge on any atom is -0.481 e. The Kier molecular flexibility index (Phi) is 3.22. The Bertz CT molecular complexity index is 476. The average molecular weight is 294 g/mol. The van der Waals surface area contributed by atoms with Gasteiger partial charge < -0.3 is 15.3 Å². The molecule has 2 bridgehead atoms. The lowest BCUT2D eigenvalue weighted by molar-refractivity contribution is -0.141. The lowest BCUT2D eigenvalue weighted by Gasteiger charge is -2.40. The Morgan fingerprint density at radius 1 is 1.24 bits per heavy atom. The number of carbonyl (C=O) groups excluding carboxylic acids is 1. The summed E-state index contributed by atoms with van der Waals surface area (Å²) in [7, 11) is 0. The van der Waals surface area contributed by atoms with E-state index >= 15 is 0 Å². The van der Waals surface area contributed by atoms with Crippen molar-refractivity contribution in [2.45, 2.75) is 52.5 Å². The minimum absolute atomic E-state index is 0.0756. The third-order valence-corrected chi connectivity index (χ3v) is 6.92. The van der Waals surface area contributed by atoms with Crippen molar-refractivity contribution in [3.63, 3.8) is 0 Å². The molecule has 1 aliphatic heterocycles. The van der Waals surface area contributed by atoms with Gasteiger partial charge in [0.1, 0.15) is 0 Å². The molecule has 4 atom stereocenters. The van der Waals surface area contributed by atoms with Gasteiger partial charge in [-0.25, -0.2) is 4.79 Å². The van der Waals surface area contributed by atoms with Crippen LogP contribution in [0.1, 0.15) is 46.5 Å². The van der Waals surface area contributed by atoms with Crippen LogP contribution in [0.5, 0.6) is 0 Å². The number of likely N-dealkylation sites (tertiary alicyclic amines) is 1. The summed E-state index contributed by atoms with van der Waals surface area (Å²) in [5.41, 5.74) is 0.443. The predicted octanol–water partition coefficient (Wildman–Crippen LogP) is 2.32. The van der Waals surface area contributed by atoms with Crippen LogP contribution in [-0.2, 0) is 4.79 Å². The van der Waals surface area contributed by atoms with E-state index in [-0.39, 0.29) is 22.9 Å². The van der Waals surface area contributed by atoms with Gasteiger partial charge in [-0.05, 0) is 42.4 Å². The van der Waals surface area contributed by atoms with Crippen molar-refractivity contribution in [2.24, 2.45) is 22.7 Å². The number of aliphatic carboxylic acids is 1. The van der Waals surface area contributed by atoms with Crippen LogP contribution in [-0.4, -0.2) is 41.1 Å². The van der Waals surface area contributed by atoms with Crippen LogP contribution in [0, 0.1) is 22.7 Å². The molecule has 0 aromatic carbocycles. The second-order valence-electron chi connectivity index (χ2n) is 7.88. The van der Waals surface area contributed by atoms with E-state index < -0.39 is 11.9 Å². The second-order valence-corrected chi connectivity index (χ2v) is 7.88. The van der Waals surface area contributed by atoms with Crippen LogP contribution in [0.25, 0.3) is 0 Å². The molecule has 3 aliphatic rings. The molecule has 3 fully saturated rings. The zero-order chi connectivity index (χ0) is 15.4. The van der Waals surface area contributed by atoms with Gasteiger partial charge in [0.15, 0.2) is 0 Å². The highest BCUT2D eigenvalue weighted by Gasteiger charge is 2.61. The number of hydrogen-bond acceptors (Lipinski definition) is 2. The molecule has 0 spiro atoms. The fourth-order valence-electron chi connectivity index (χ4n) is 4.81. The first-order chi connectivity index (χ1) is 9.75.